The zero-order valence-electron chi connectivity index (χ0n) is 14.0. The molecule has 0 unspecified atom stereocenters. The van der Waals surface area contributed by atoms with E-state index in [1.807, 2.05) is 30.5 Å². The van der Waals surface area contributed by atoms with Gasteiger partial charge in [-0.05, 0) is 18.1 Å². The van der Waals surface area contributed by atoms with Gasteiger partial charge in [0.1, 0.15) is 0 Å². The van der Waals surface area contributed by atoms with E-state index in [0.717, 1.165) is 16.5 Å². The summed E-state index contributed by atoms with van der Waals surface area (Å²) in [6, 6.07) is 7.26. The van der Waals surface area contributed by atoms with Crippen LogP contribution in [0.5, 0.6) is 0 Å². The first-order chi connectivity index (χ1) is 11.4. The molecular formula is C16H23ClN4O3S. The van der Waals surface area contributed by atoms with Crippen LogP contribution in [0.4, 0.5) is 0 Å². The summed E-state index contributed by atoms with van der Waals surface area (Å²) in [6.45, 7) is 1.41. The van der Waals surface area contributed by atoms with Gasteiger partial charge in [0.05, 0.1) is 12.3 Å². The van der Waals surface area contributed by atoms with Gasteiger partial charge in [-0.2, -0.15) is 4.31 Å². The molecule has 0 spiro atoms. The van der Waals surface area contributed by atoms with Crippen LogP contribution in [0.3, 0.4) is 0 Å². The fraction of sp³-hybridized carbons (Fsp3) is 0.438. The average molecular weight is 387 g/mol. The number of rotatable bonds is 4. The third-order valence-electron chi connectivity index (χ3n) is 4.45. The summed E-state index contributed by atoms with van der Waals surface area (Å²) >= 11 is 0. The van der Waals surface area contributed by atoms with Gasteiger partial charge in [-0.15, -0.1) is 12.4 Å². The number of piperazine rings is 1. The highest BCUT2D eigenvalue weighted by Gasteiger charge is 2.28. The molecule has 0 aliphatic carbocycles. The number of hydrogen-bond acceptors (Lipinski definition) is 4. The second-order valence-corrected chi connectivity index (χ2v) is 8.14. The fourth-order valence-corrected chi connectivity index (χ4v) is 3.93. The van der Waals surface area contributed by atoms with Crippen LogP contribution in [-0.2, 0) is 21.2 Å². The number of nitrogens with one attached hydrogen (secondary N) is 1. The lowest BCUT2D eigenvalue weighted by molar-refractivity contribution is -0.133. The normalized spacial score (nSPS) is 17.3. The maximum absolute atomic E-state index is 12.5. The van der Waals surface area contributed by atoms with Gasteiger partial charge < -0.3 is 15.6 Å². The number of benzene rings is 1. The van der Waals surface area contributed by atoms with Gasteiger partial charge in [-0.1, -0.05) is 18.2 Å². The standard InChI is InChI=1S/C16H22N4O3S.ClH/c1-24(22,23)20-8-6-19(7-9-20)16(21)14(17)10-12-11-18-15-5-3-2-4-13(12)15;/h2-5,11,14,18H,6-10,17H2,1H3;1H/t14-;/m0./s1. The summed E-state index contributed by atoms with van der Waals surface area (Å²) in [5.74, 6) is -0.131. The highest BCUT2D eigenvalue weighted by molar-refractivity contribution is 7.88. The summed E-state index contributed by atoms with van der Waals surface area (Å²) in [5, 5.41) is 1.07. The minimum absolute atomic E-state index is 0. The van der Waals surface area contributed by atoms with Crippen LogP contribution in [0.25, 0.3) is 10.9 Å². The number of fused-ring (bicyclic) bond motifs is 1. The second kappa shape index (κ2) is 7.74. The van der Waals surface area contributed by atoms with E-state index >= 15 is 0 Å². The quantitative estimate of drug-likeness (QED) is 0.802. The van der Waals surface area contributed by atoms with E-state index in [9.17, 15) is 13.2 Å². The van der Waals surface area contributed by atoms with Gasteiger partial charge in [-0.3, -0.25) is 4.79 Å². The maximum atomic E-state index is 12.5. The third-order valence-corrected chi connectivity index (χ3v) is 5.75. The number of H-pyrrole nitrogens is 1. The van der Waals surface area contributed by atoms with Gasteiger partial charge in [-0.25, -0.2) is 8.42 Å². The van der Waals surface area contributed by atoms with E-state index in [-0.39, 0.29) is 18.3 Å². The van der Waals surface area contributed by atoms with E-state index in [2.05, 4.69) is 4.98 Å². The first kappa shape index (κ1) is 19.7. The fourth-order valence-electron chi connectivity index (χ4n) is 3.10. The molecule has 1 atom stereocenters. The number of sulfonamides is 1. The van der Waals surface area contributed by atoms with Crippen molar-refractivity contribution in [3.05, 3.63) is 36.0 Å². The number of amides is 1. The Kier molecular flexibility index (Phi) is 6.10. The SMILES string of the molecule is CS(=O)(=O)N1CCN(C(=O)[C@@H](N)Cc2c[nH]c3ccccc23)CC1.Cl. The predicted molar refractivity (Wildman–Crippen MR) is 100 cm³/mol. The van der Waals surface area contributed by atoms with Gasteiger partial charge in [0, 0.05) is 43.3 Å². The summed E-state index contributed by atoms with van der Waals surface area (Å²) in [6.07, 6.45) is 3.53. The van der Waals surface area contributed by atoms with Crippen molar-refractivity contribution < 1.29 is 13.2 Å². The number of aromatic amines is 1. The van der Waals surface area contributed by atoms with Gasteiger partial charge in [0.2, 0.25) is 15.9 Å². The number of carbonyl (C=O) groups excluding carboxylic acids is 1. The Morgan fingerprint density at radius 2 is 1.88 bits per heavy atom. The largest absolute Gasteiger partial charge is 0.361 e. The van der Waals surface area contributed by atoms with Crippen LogP contribution in [-0.4, -0.2) is 67.0 Å². The summed E-state index contributed by atoms with van der Waals surface area (Å²) in [7, 11) is -3.20. The highest BCUT2D eigenvalue weighted by Crippen LogP contribution is 2.19. The number of nitrogens with two attached hydrogens (primary N) is 1. The Morgan fingerprint density at radius 3 is 2.52 bits per heavy atom. The molecule has 1 saturated heterocycles. The van der Waals surface area contributed by atoms with E-state index in [1.165, 1.54) is 10.6 Å². The molecule has 9 heteroatoms. The minimum atomic E-state index is -3.20. The van der Waals surface area contributed by atoms with Crippen molar-refractivity contribution in [2.24, 2.45) is 5.73 Å². The van der Waals surface area contributed by atoms with Crippen LogP contribution >= 0.6 is 12.4 Å². The topological polar surface area (TPSA) is 99.5 Å². The minimum Gasteiger partial charge on any atom is -0.361 e. The maximum Gasteiger partial charge on any atom is 0.239 e. The van der Waals surface area contributed by atoms with Crippen molar-refractivity contribution >= 4 is 39.2 Å². The second-order valence-electron chi connectivity index (χ2n) is 6.16. The Hall–Kier alpha value is -1.61. The lowest BCUT2D eigenvalue weighted by atomic mass is 10.0. The lowest BCUT2D eigenvalue weighted by Crippen LogP contribution is -2.54. The molecule has 1 aliphatic rings. The number of aromatic nitrogens is 1. The van der Waals surface area contributed by atoms with E-state index < -0.39 is 16.1 Å². The van der Waals surface area contributed by atoms with E-state index in [1.54, 1.807) is 4.90 Å². The molecule has 138 valence electrons. The van der Waals surface area contributed by atoms with E-state index in [0.29, 0.717) is 32.6 Å². The summed E-state index contributed by atoms with van der Waals surface area (Å²) < 4.78 is 24.4. The number of hydrogen-bond donors (Lipinski definition) is 2. The summed E-state index contributed by atoms with van der Waals surface area (Å²) in [5.41, 5.74) is 8.15. The Bertz CT molecular complexity index is 844. The summed E-state index contributed by atoms with van der Waals surface area (Å²) in [4.78, 5) is 17.4. The smallest absolute Gasteiger partial charge is 0.239 e. The highest BCUT2D eigenvalue weighted by atomic mass is 35.5. The molecule has 3 N–H and O–H groups in total. The molecule has 0 saturated carbocycles. The number of carbonyl (C=O) groups is 1. The lowest BCUT2D eigenvalue weighted by Gasteiger charge is -2.34. The number of halogens is 1. The van der Waals surface area contributed by atoms with Crippen molar-refractivity contribution in [2.45, 2.75) is 12.5 Å². The monoisotopic (exact) mass is 386 g/mol. The Morgan fingerprint density at radius 1 is 1.24 bits per heavy atom. The van der Waals surface area contributed by atoms with Crippen LogP contribution < -0.4 is 5.73 Å². The Balaban J connectivity index is 0.00000225. The molecule has 1 amide bonds. The first-order valence-electron chi connectivity index (χ1n) is 7.91. The van der Waals surface area contributed by atoms with Crippen molar-refractivity contribution in [2.75, 3.05) is 32.4 Å². The first-order valence-corrected chi connectivity index (χ1v) is 9.75. The van der Waals surface area contributed by atoms with Crippen molar-refractivity contribution in [1.82, 2.24) is 14.2 Å². The molecule has 25 heavy (non-hydrogen) atoms. The Labute approximate surface area is 153 Å². The molecule has 2 heterocycles. The van der Waals surface area contributed by atoms with Crippen LogP contribution in [0.1, 0.15) is 5.56 Å². The molecule has 1 aliphatic heterocycles. The van der Waals surface area contributed by atoms with Crippen LogP contribution in [0.15, 0.2) is 30.5 Å². The molecule has 0 radical (unpaired) electrons. The molecule has 3 rings (SSSR count). The number of nitrogens with zero attached hydrogens (tertiary/aromatic N) is 2. The molecule has 1 aromatic carbocycles. The predicted octanol–water partition coefficient (Wildman–Crippen LogP) is 0.563. The van der Waals surface area contributed by atoms with Crippen LogP contribution in [0, 0.1) is 0 Å². The zero-order valence-corrected chi connectivity index (χ0v) is 15.6. The average Bonchev–Trinajstić information content (AvgIpc) is 2.96. The molecule has 7 nitrogen and oxygen atoms in total. The van der Waals surface area contributed by atoms with Gasteiger partial charge >= 0.3 is 0 Å². The zero-order chi connectivity index (χ0) is 17.3. The molecule has 2 aromatic rings. The third kappa shape index (κ3) is 4.33. The molecular weight excluding hydrogens is 364 g/mol. The van der Waals surface area contributed by atoms with E-state index in [4.69, 9.17) is 5.73 Å². The molecule has 0 bridgehead atoms. The number of para-hydroxylation sites is 1. The van der Waals surface area contributed by atoms with Crippen molar-refractivity contribution in [1.29, 1.82) is 0 Å². The van der Waals surface area contributed by atoms with Gasteiger partial charge in [0.15, 0.2) is 0 Å². The van der Waals surface area contributed by atoms with Crippen molar-refractivity contribution in [3.8, 4) is 0 Å². The van der Waals surface area contributed by atoms with Crippen molar-refractivity contribution in [3.63, 3.8) is 0 Å². The molecule has 1 fully saturated rings. The van der Waals surface area contributed by atoms with Gasteiger partial charge in [0.25, 0.3) is 0 Å². The van der Waals surface area contributed by atoms with Crippen LogP contribution in [0.2, 0.25) is 0 Å². The molecule has 1 aromatic heterocycles.